The lowest BCUT2D eigenvalue weighted by Crippen LogP contribution is -3.04. The van der Waals surface area contributed by atoms with Gasteiger partial charge in [0.2, 0.25) is 0 Å². The molecule has 4 rings (SSSR count). The van der Waals surface area contributed by atoms with Crippen molar-refractivity contribution in [1.29, 1.82) is 0 Å². The first-order valence-electron chi connectivity index (χ1n) is 9.92. The fourth-order valence-corrected chi connectivity index (χ4v) is 7.26. The number of hydrogen-bond acceptors (Lipinski definition) is 3. The summed E-state index contributed by atoms with van der Waals surface area (Å²) in [5.74, 6) is 2.90. The molecule has 4 heteroatoms. The first-order chi connectivity index (χ1) is 11.3. The molecule has 3 N–H and O–H groups in total. The van der Waals surface area contributed by atoms with Crippen molar-refractivity contribution in [2.24, 2.45) is 34.5 Å². The number of allylic oxidation sites excluding steroid dienone is 1. The SMILES string of the molecule is C[C@]12CC=C(C[NH+]([O-])O)C[C@@H]1CC[C@@H]1[C@@H]2CC[C@]2(C)[C@@H](O)CC[C@@H]12. The second-order valence-corrected chi connectivity index (χ2v) is 9.64. The largest absolute Gasteiger partial charge is 0.600 e. The van der Waals surface area contributed by atoms with E-state index in [2.05, 4.69) is 19.9 Å². The van der Waals surface area contributed by atoms with Crippen LogP contribution in [0.4, 0.5) is 0 Å². The Morgan fingerprint density at radius 3 is 2.62 bits per heavy atom. The molecular formula is C20H33NO3. The summed E-state index contributed by atoms with van der Waals surface area (Å²) >= 11 is 0. The van der Waals surface area contributed by atoms with Crippen molar-refractivity contribution in [3.8, 4) is 0 Å². The first kappa shape index (κ1) is 17.0. The van der Waals surface area contributed by atoms with Gasteiger partial charge in [0, 0.05) is 0 Å². The number of aliphatic hydroxyl groups is 1. The Balaban J connectivity index is 1.57. The van der Waals surface area contributed by atoms with Crippen LogP contribution >= 0.6 is 0 Å². The van der Waals surface area contributed by atoms with Crippen LogP contribution in [0.3, 0.4) is 0 Å². The van der Waals surface area contributed by atoms with Crippen LogP contribution in [0.25, 0.3) is 0 Å². The molecule has 1 unspecified atom stereocenters. The van der Waals surface area contributed by atoms with Gasteiger partial charge < -0.3 is 10.3 Å². The normalized spacial score (nSPS) is 52.0. The summed E-state index contributed by atoms with van der Waals surface area (Å²) in [6, 6.07) is 0. The number of rotatable bonds is 2. The lowest BCUT2D eigenvalue weighted by Gasteiger charge is -2.59. The first-order valence-corrected chi connectivity index (χ1v) is 9.92. The maximum absolute atomic E-state index is 11.1. The van der Waals surface area contributed by atoms with Crippen molar-refractivity contribution in [2.45, 2.75) is 71.3 Å². The van der Waals surface area contributed by atoms with Crippen molar-refractivity contribution >= 4 is 0 Å². The Labute approximate surface area is 145 Å². The van der Waals surface area contributed by atoms with Gasteiger partial charge in [-0.05, 0) is 91.4 Å². The lowest BCUT2D eigenvalue weighted by atomic mass is 9.45. The van der Waals surface area contributed by atoms with Gasteiger partial charge in [0.1, 0.15) is 6.54 Å². The Bertz CT molecular complexity index is 533. The molecule has 0 heterocycles. The molecular weight excluding hydrogens is 302 g/mol. The van der Waals surface area contributed by atoms with E-state index in [0.717, 1.165) is 36.7 Å². The van der Waals surface area contributed by atoms with Crippen molar-refractivity contribution in [3.05, 3.63) is 16.9 Å². The van der Waals surface area contributed by atoms with Gasteiger partial charge in [0.05, 0.1) is 6.10 Å². The summed E-state index contributed by atoms with van der Waals surface area (Å²) in [6.45, 7) is 5.05. The molecule has 0 radical (unpaired) electrons. The quantitative estimate of drug-likeness (QED) is 0.537. The van der Waals surface area contributed by atoms with Crippen LogP contribution in [-0.4, -0.2) is 23.0 Å². The zero-order chi connectivity index (χ0) is 17.1. The average molecular weight is 335 g/mol. The van der Waals surface area contributed by atoms with Gasteiger partial charge in [-0.3, -0.25) is 0 Å². The third-order valence-corrected chi connectivity index (χ3v) is 8.73. The van der Waals surface area contributed by atoms with Crippen molar-refractivity contribution in [2.75, 3.05) is 6.54 Å². The molecule has 3 fully saturated rings. The summed E-state index contributed by atoms with van der Waals surface area (Å²) in [4.78, 5) is 0. The van der Waals surface area contributed by atoms with Crippen LogP contribution in [0.1, 0.15) is 65.2 Å². The van der Waals surface area contributed by atoms with Gasteiger partial charge >= 0.3 is 0 Å². The fraction of sp³-hybridized carbons (Fsp3) is 0.900. The monoisotopic (exact) mass is 335 g/mol. The van der Waals surface area contributed by atoms with Gasteiger partial charge in [-0.15, -0.1) is 0 Å². The molecule has 136 valence electrons. The van der Waals surface area contributed by atoms with Crippen LogP contribution < -0.4 is 5.23 Å². The van der Waals surface area contributed by atoms with Gasteiger partial charge in [0.25, 0.3) is 0 Å². The molecule has 0 aliphatic heterocycles. The maximum atomic E-state index is 11.1. The number of nitrogens with one attached hydrogen (secondary N) is 1. The van der Waals surface area contributed by atoms with E-state index in [1.807, 2.05) is 0 Å². The van der Waals surface area contributed by atoms with E-state index in [-0.39, 0.29) is 18.1 Å². The van der Waals surface area contributed by atoms with E-state index in [1.54, 1.807) is 0 Å². The second-order valence-electron chi connectivity index (χ2n) is 9.64. The van der Waals surface area contributed by atoms with Crippen molar-refractivity contribution in [1.82, 2.24) is 0 Å². The molecule has 8 atom stereocenters. The highest BCUT2D eigenvalue weighted by Gasteiger charge is 2.59. The molecule has 4 aliphatic rings. The predicted octanol–water partition coefficient (Wildman–Crippen LogP) is 2.70. The highest BCUT2D eigenvalue weighted by Crippen LogP contribution is 2.65. The van der Waals surface area contributed by atoms with Gasteiger partial charge in [-0.1, -0.05) is 19.9 Å². The highest BCUT2D eigenvalue weighted by molar-refractivity contribution is 5.17. The van der Waals surface area contributed by atoms with Crippen LogP contribution in [0, 0.1) is 39.7 Å². The van der Waals surface area contributed by atoms with Crippen LogP contribution in [0.5, 0.6) is 0 Å². The standard InChI is InChI=1S/C20H33NO3/c1-19-9-7-13(12-21(23)24)11-14(19)3-4-15-16-5-6-18(22)20(16,2)10-8-17(15)19/h7,14-18,21-23H,3-6,8-12H2,1-2H3/t14-,15-,16-,17-,18-,19-,20-/m0/s1. The van der Waals surface area contributed by atoms with E-state index in [9.17, 15) is 10.3 Å². The minimum Gasteiger partial charge on any atom is -0.600 e. The van der Waals surface area contributed by atoms with Crippen LogP contribution in [0.15, 0.2) is 11.6 Å². The molecule has 0 saturated heterocycles. The molecule has 0 amide bonds. The van der Waals surface area contributed by atoms with Gasteiger partial charge in [-0.25, -0.2) is 10.4 Å². The molecule has 3 saturated carbocycles. The molecule has 24 heavy (non-hydrogen) atoms. The topological polar surface area (TPSA) is 68.0 Å². The summed E-state index contributed by atoms with van der Waals surface area (Å²) in [6.07, 6.45) is 11.4. The number of fused-ring (bicyclic) bond motifs is 5. The fourth-order valence-electron chi connectivity index (χ4n) is 7.26. The summed E-state index contributed by atoms with van der Waals surface area (Å²) in [5.41, 5.74) is 1.66. The van der Waals surface area contributed by atoms with E-state index < -0.39 is 5.23 Å². The third kappa shape index (κ3) is 2.41. The molecule has 0 bridgehead atoms. The summed E-state index contributed by atoms with van der Waals surface area (Å²) in [5, 5.41) is 30.0. The minimum atomic E-state index is -0.688. The van der Waals surface area contributed by atoms with Crippen molar-refractivity contribution < 1.29 is 15.5 Å². The van der Waals surface area contributed by atoms with E-state index in [0.29, 0.717) is 17.3 Å². The Morgan fingerprint density at radius 2 is 1.88 bits per heavy atom. The Kier molecular flexibility index (Phi) is 4.11. The van der Waals surface area contributed by atoms with Crippen LogP contribution in [0.2, 0.25) is 0 Å². The summed E-state index contributed by atoms with van der Waals surface area (Å²) < 4.78 is 0. The maximum Gasteiger partial charge on any atom is 0.128 e. The number of aliphatic hydroxyl groups excluding tert-OH is 1. The number of quaternary nitrogens is 1. The van der Waals surface area contributed by atoms with E-state index >= 15 is 0 Å². The van der Waals surface area contributed by atoms with Gasteiger partial charge in [0.15, 0.2) is 0 Å². The predicted molar refractivity (Wildman–Crippen MR) is 92.2 cm³/mol. The third-order valence-electron chi connectivity index (χ3n) is 8.73. The Hall–Kier alpha value is -0.420. The van der Waals surface area contributed by atoms with E-state index in [4.69, 9.17) is 5.21 Å². The van der Waals surface area contributed by atoms with Gasteiger partial charge in [-0.2, -0.15) is 0 Å². The minimum absolute atomic E-state index is 0.0950. The highest BCUT2D eigenvalue weighted by atomic mass is 16.8. The average Bonchev–Trinajstić information content (AvgIpc) is 2.83. The van der Waals surface area contributed by atoms with Crippen LogP contribution in [-0.2, 0) is 0 Å². The second kappa shape index (κ2) is 5.80. The molecule has 0 spiro atoms. The molecule has 0 aromatic rings. The summed E-state index contributed by atoms with van der Waals surface area (Å²) in [7, 11) is 0. The lowest BCUT2D eigenvalue weighted by molar-refractivity contribution is -1.04. The van der Waals surface area contributed by atoms with Crippen molar-refractivity contribution in [3.63, 3.8) is 0 Å². The van der Waals surface area contributed by atoms with E-state index in [1.165, 1.54) is 32.1 Å². The zero-order valence-corrected chi connectivity index (χ0v) is 15.1. The number of hydrogen-bond donors (Lipinski definition) is 3. The number of hydroxylamine groups is 2. The Morgan fingerprint density at radius 1 is 1.12 bits per heavy atom. The molecule has 4 nitrogen and oxygen atoms in total. The zero-order valence-electron chi connectivity index (χ0n) is 15.1. The molecule has 0 aromatic carbocycles. The molecule has 0 aromatic heterocycles. The molecule has 4 aliphatic carbocycles. The smallest absolute Gasteiger partial charge is 0.128 e.